The van der Waals surface area contributed by atoms with Crippen LogP contribution in [0, 0.1) is 0 Å². The average Bonchev–Trinajstić information content (AvgIpc) is 3.23. The maximum absolute atomic E-state index is 12.2. The van der Waals surface area contributed by atoms with Gasteiger partial charge in [0.2, 0.25) is 5.91 Å². The van der Waals surface area contributed by atoms with Crippen LogP contribution in [0.3, 0.4) is 0 Å². The van der Waals surface area contributed by atoms with Gasteiger partial charge in [-0.05, 0) is 75.1 Å². The first-order valence-corrected chi connectivity index (χ1v) is 12.5. The molecule has 1 aliphatic rings. The van der Waals surface area contributed by atoms with Gasteiger partial charge in [0.1, 0.15) is 6.04 Å². The molecular weight excluding hydrogens is 436 g/mol. The average molecular weight is 467 g/mol. The Kier molecular flexibility index (Phi) is 7.88. The summed E-state index contributed by atoms with van der Waals surface area (Å²) in [5, 5.41) is 15.9. The summed E-state index contributed by atoms with van der Waals surface area (Å²) in [6.45, 7) is 0.306. The Bertz CT molecular complexity index is 1080. The summed E-state index contributed by atoms with van der Waals surface area (Å²) in [4.78, 5) is 33.0. The minimum Gasteiger partial charge on any atom is -0.480 e. The van der Waals surface area contributed by atoms with Crippen LogP contribution in [-0.4, -0.2) is 39.5 Å². The predicted molar refractivity (Wildman–Crippen MR) is 131 cm³/mol. The number of para-hydroxylation sites is 1. The van der Waals surface area contributed by atoms with E-state index >= 15 is 0 Å². The van der Waals surface area contributed by atoms with E-state index in [4.69, 9.17) is 4.98 Å². The van der Waals surface area contributed by atoms with Crippen LogP contribution in [0.2, 0.25) is 0 Å². The topological polar surface area (TPSA) is 104 Å². The second kappa shape index (κ2) is 11.2. The highest BCUT2D eigenvalue weighted by Crippen LogP contribution is 2.26. The number of nitrogens with zero attached hydrogens (tertiary/aromatic N) is 2. The van der Waals surface area contributed by atoms with Gasteiger partial charge in [-0.1, -0.05) is 29.5 Å². The summed E-state index contributed by atoms with van der Waals surface area (Å²) < 4.78 is 1.00. The molecule has 1 aromatic carbocycles. The molecule has 3 aromatic rings. The first-order chi connectivity index (χ1) is 16.1. The van der Waals surface area contributed by atoms with Crippen LogP contribution < -0.4 is 10.6 Å². The normalized spacial score (nSPS) is 13.9. The number of pyridine rings is 1. The highest BCUT2D eigenvalue weighted by atomic mass is 32.1. The molecule has 0 saturated heterocycles. The van der Waals surface area contributed by atoms with Crippen molar-refractivity contribution in [2.75, 3.05) is 11.9 Å². The lowest BCUT2D eigenvalue weighted by Gasteiger charge is -2.15. The molecule has 0 radical (unpaired) electrons. The number of carboxylic acids is 1. The molecule has 0 aliphatic heterocycles. The lowest BCUT2D eigenvalue weighted by Crippen LogP contribution is -2.34. The number of fused-ring (bicyclic) bond motifs is 2. The van der Waals surface area contributed by atoms with Crippen molar-refractivity contribution in [1.82, 2.24) is 15.3 Å². The van der Waals surface area contributed by atoms with Crippen molar-refractivity contribution in [3.05, 3.63) is 53.3 Å². The van der Waals surface area contributed by atoms with Crippen LogP contribution >= 0.6 is 11.3 Å². The molecular formula is C25H30N4O3S. The number of carbonyl (C=O) groups excluding carboxylic acids is 1. The maximum Gasteiger partial charge on any atom is 0.326 e. The molecule has 0 fully saturated rings. The molecule has 2 aromatic heterocycles. The van der Waals surface area contributed by atoms with Gasteiger partial charge in [-0.25, -0.2) is 9.78 Å². The van der Waals surface area contributed by atoms with Crippen molar-refractivity contribution in [3.63, 3.8) is 0 Å². The third-order valence-corrected chi connectivity index (χ3v) is 6.94. The van der Waals surface area contributed by atoms with E-state index in [9.17, 15) is 14.7 Å². The van der Waals surface area contributed by atoms with Gasteiger partial charge in [0.25, 0.3) is 0 Å². The number of nitrogens with one attached hydrogen (secondary N) is 2. The molecule has 0 bridgehead atoms. The Hall–Kier alpha value is -3.00. The van der Waals surface area contributed by atoms with E-state index in [1.165, 1.54) is 35.4 Å². The van der Waals surface area contributed by atoms with Crippen LogP contribution in [-0.2, 0) is 28.9 Å². The van der Waals surface area contributed by atoms with Crippen LogP contribution in [0.1, 0.15) is 55.5 Å². The number of carbonyl (C=O) groups is 2. The number of aryl methyl sites for hydroxylation is 3. The van der Waals surface area contributed by atoms with E-state index in [2.05, 4.69) is 27.8 Å². The molecule has 2 heterocycles. The number of hydrogen-bond donors (Lipinski definition) is 3. The first kappa shape index (κ1) is 23.2. The molecule has 174 valence electrons. The van der Waals surface area contributed by atoms with Gasteiger partial charge < -0.3 is 15.7 Å². The van der Waals surface area contributed by atoms with Gasteiger partial charge in [0.05, 0.1) is 10.2 Å². The fourth-order valence-electron chi connectivity index (χ4n) is 4.14. The second-order valence-corrected chi connectivity index (χ2v) is 9.51. The number of rotatable bonds is 11. The molecule has 4 rings (SSSR count). The van der Waals surface area contributed by atoms with Crippen LogP contribution in [0.25, 0.3) is 10.2 Å². The quantitative estimate of drug-likeness (QED) is 0.363. The number of aromatic nitrogens is 2. The monoisotopic (exact) mass is 466 g/mol. The Morgan fingerprint density at radius 1 is 1.06 bits per heavy atom. The maximum atomic E-state index is 12.2. The Labute approximate surface area is 197 Å². The number of benzene rings is 1. The lowest BCUT2D eigenvalue weighted by molar-refractivity contribution is -0.138. The summed E-state index contributed by atoms with van der Waals surface area (Å²) >= 11 is 1.42. The van der Waals surface area contributed by atoms with E-state index in [1.54, 1.807) is 0 Å². The zero-order valence-electron chi connectivity index (χ0n) is 18.7. The SMILES string of the molecule is O=C(CCCCc1ccc2c(n1)CCCC2)NCC[C@H](Nc1nc2ccccc2s1)C(=O)O. The number of hydrogen-bond acceptors (Lipinski definition) is 6. The summed E-state index contributed by atoms with van der Waals surface area (Å²) in [5.41, 5.74) is 4.60. The zero-order valence-corrected chi connectivity index (χ0v) is 19.5. The number of thiazole rings is 1. The van der Waals surface area contributed by atoms with E-state index < -0.39 is 12.0 Å². The standard InChI is InChI=1S/C25H30N4O3S/c30-23(12-6-2-8-18-14-13-17-7-1-3-9-19(17)27-18)26-16-15-21(24(31)32)29-25-28-20-10-4-5-11-22(20)33-25/h4-5,10-11,13-14,21H,1-3,6-9,12,15-16H2,(H,26,30)(H,28,29)(H,31,32)/t21-/m0/s1. The Morgan fingerprint density at radius 2 is 1.91 bits per heavy atom. The van der Waals surface area contributed by atoms with Gasteiger partial charge in [0.15, 0.2) is 5.13 Å². The minimum atomic E-state index is -0.957. The number of aliphatic carboxylic acids is 1. The number of carboxylic acid groups (broad SMARTS) is 1. The lowest BCUT2D eigenvalue weighted by atomic mass is 9.95. The van der Waals surface area contributed by atoms with Gasteiger partial charge in [0, 0.05) is 24.4 Å². The third kappa shape index (κ3) is 6.51. The van der Waals surface area contributed by atoms with Gasteiger partial charge in [-0.2, -0.15) is 0 Å². The molecule has 1 amide bonds. The van der Waals surface area contributed by atoms with Crippen molar-refractivity contribution in [3.8, 4) is 0 Å². The molecule has 3 N–H and O–H groups in total. The van der Waals surface area contributed by atoms with Crippen LogP contribution in [0.4, 0.5) is 5.13 Å². The van der Waals surface area contributed by atoms with E-state index in [0.717, 1.165) is 48.0 Å². The van der Waals surface area contributed by atoms with E-state index in [1.807, 2.05) is 24.3 Å². The van der Waals surface area contributed by atoms with Gasteiger partial charge in [-0.3, -0.25) is 9.78 Å². The van der Waals surface area contributed by atoms with Gasteiger partial charge >= 0.3 is 5.97 Å². The zero-order chi connectivity index (χ0) is 23.0. The number of amides is 1. The van der Waals surface area contributed by atoms with Crippen molar-refractivity contribution in [1.29, 1.82) is 0 Å². The molecule has 1 aliphatic carbocycles. The highest BCUT2D eigenvalue weighted by molar-refractivity contribution is 7.22. The van der Waals surface area contributed by atoms with Crippen molar-refractivity contribution < 1.29 is 14.7 Å². The smallest absolute Gasteiger partial charge is 0.326 e. The molecule has 0 unspecified atom stereocenters. The van der Waals surface area contributed by atoms with Crippen LogP contribution in [0.5, 0.6) is 0 Å². The number of unbranched alkanes of at least 4 members (excludes halogenated alkanes) is 1. The van der Waals surface area contributed by atoms with E-state index in [-0.39, 0.29) is 12.3 Å². The van der Waals surface area contributed by atoms with Crippen LogP contribution in [0.15, 0.2) is 36.4 Å². The summed E-state index contributed by atoms with van der Waals surface area (Å²) in [7, 11) is 0. The predicted octanol–water partition coefficient (Wildman–Crippen LogP) is 4.35. The number of anilines is 1. The molecule has 8 heteroatoms. The summed E-state index contributed by atoms with van der Waals surface area (Å²) in [5.74, 6) is -1.00. The minimum absolute atomic E-state index is 0.0440. The summed E-state index contributed by atoms with van der Waals surface area (Å²) in [6.07, 6.45) is 8.01. The third-order valence-electron chi connectivity index (χ3n) is 5.97. The molecule has 0 saturated carbocycles. The van der Waals surface area contributed by atoms with Crippen molar-refractivity contribution in [2.24, 2.45) is 0 Å². The Balaban J connectivity index is 1.15. The molecule has 33 heavy (non-hydrogen) atoms. The molecule has 1 atom stereocenters. The van der Waals surface area contributed by atoms with Crippen molar-refractivity contribution >= 4 is 38.6 Å². The Morgan fingerprint density at radius 3 is 2.76 bits per heavy atom. The fourth-order valence-corrected chi connectivity index (χ4v) is 5.06. The highest BCUT2D eigenvalue weighted by Gasteiger charge is 2.19. The summed E-state index contributed by atoms with van der Waals surface area (Å²) in [6, 6.07) is 11.2. The molecule has 7 nitrogen and oxygen atoms in total. The van der Waals surface area contributed by atoms with E-state index in [0.29, 0.717) is 18.1 Å². The largest absolute Gasteiger partial charge is 0.480 e. The van der Waals surface area contributed by atoms with Gasteiger partial charge in [-0.15, -0.1) is 0 Å². The first-order valence-electron chi connectivity index (χ1n) is 11.7. The second-order valence-electron chi connectivity index (χ2n) is 8.48. The fraction of sp³-hybridized carbons (Fsp3) is 0.440. The van der Waals surface area contributed by atoms with Crippen molar-refractivity contribution in [2.45, 2.75) is 63.8 Å². The molecule has 0 spiro atoms.